The molecule has 96 valence electrons. The molecule has 0 spiro atoms. The first-order chi connectivity index (χ1) is 8.77. The summed E-state index contributed by atoms with van der Waals surface area (Å²) in [4.78, 5) is 3.17. The van der Waals surface area contributed by atoms with Crippen molar-refractivity contribution >= 4 is 22.5 Å². The number of aromatic nitrogens is 1. The number of halogens is 1. The Balaban J connectivity index is 1.96. The van der Waals surface area contributed by atoms with Gasteiger partial charge in [-0.15, -0.1) is 0 Å². The highest BCUT2D eigenvalue weighted by molar-refractivity contribution is 6.35. The largest absolute Gasteiger partial charge is 0.388 e. The molecule has 1 aromatic heterocycles. The quantitative estimate of drug-likeness (QED) is 0.781. The van der Waals surface area contributed by atoms with Crippen molar-refractivity contribution in [3.63, 3.8) is 0 Å². The van der Waals surface area contributed by atoms with Crippen LogP contribution in [0.15, 0.2) is 24.4 Å². The van der Waals surface area contributed by atoms with Crippen molar-refractivity contribution in [2.75, 3.05) is 13.1 Å². The normalized spacial score (nSPS) is 19.2. The van der Waals surface area contributed by atoms with E-state index in [1.807, 2.05) is 24.4 Å². The second kappa shape index (κ2) is 4.92. The monoisotopic (exact) mass is 264 g/mol. The van der Waals surface area contributed by atoms with E-state index in [1.54, 1.807) is 0 Å². The number of piperidine rings is 1. The van der Waals surface area contributed by atoms with Crippen LogP contribution in [0.2, 0.25) is 5.02 Å². The second-order valence-corrected chi connectivity index (χ2v) is 5.35. The molecule has 1 saturated heterocycles. The summed E-state index contributed by atoms with van der Waals surface area (Å²) in [5.74, 6) is 0.337. The average Bonchev–Trinajstić information content (AvgIpc) is 2.84. The Kier molecular flexibility index (Phi) is 3.29. The SMILES string of the molecule is OC(c1c[nH]c2c(Cl)cccc12)C1CCNCC1. The molecule has 0 aliphatic carbocycles. The molecule has 1 unspecified atom stereocenters. The standard InChI is InChI=1S/C14H17ClN2O/c15-12-3-1-2-10-11(8-17-13(10)12)14(18)9-4-6-16-7-5-9/h1-3,8-9,14,16-18H,4-7H2. The lowest BCUT2D eigenvalue weighted by molar-refractivity contribution is 0.0902. The van der Waals surface area contributed by atoms with Crippen molar-refractivity contribution < 1.29 is 5.11 Å². The zero-order valence-corrected chi connectivity index (χ0v) is 10.9. The fourth-order valence-corrected chi connectivity index (χ4v) is 3.03. The third-order valence-corrected chi connectivity index (χ3v) is 4.16. The minimum absolute atomic E-state index is 0.337. The van der Waals surface area contributed by atoms with Crippen LogP contribution < -0.4 is 5.32 Å². The number of H-pyrrole nitrogens is 1. The Hall–Kier alpha value is -1.03. The van der Waals surface area contributed by atoms with E-state index in [9.17, 15) is 5.11 Å². The smallest absolute Gasteiger partial charge is 0.0839 e. The summed E-state index contributed by atoms with van der Waals surface area (Å²) in [7, 11) is 0. The molecule has 1 fully saturated rings. The molecule has 0 amide bonds. The van der Waals surface area contributed by atoms with E-state index < -0.39 is 6.10 Å². The lowest BCUT2D eigenvalue weighted by Gasteiger charge is -2.27. The van der Waals surface area contributed by atoms with Crippen molar-refractivity contribution in [1.29, 1.82) is 0 Å². The molecule has 0 saturated carbocycles. The maximum Gasteiger partial charge on any atom is 0.0839 e. The number of para-hydroxylation sites is 1. The molecule has 1 aliphatic heterocycles. The number of benzene rings is 1. The topological polar surface area (TPSA) is 48.0 Å². The van der Waals surface area contributed by atoms with Gasteiger partial charge in [-0.25, -0.2) is 0 Å². The van der Waals surface area contributed by atoms with E-state index >= 15 is 0 Å². The van der Waals surface area contributed by atoms with Crippen LogP contribution in [-0.2, 0) is 0 Å². The molecule has 1 aromatic carbocycles. The van der Waals surface area contributed by atoms with Crippen molar-refractivity contribution in [2.24, 2.45) is 5.92 Å². The van der Waals surface area contributed by atoms with Gasteiger partial charge in [-0.3, -0.25) is 0 Å². The van der Waals surface area contributed by atoms with Crippen LogP contribution in [0.4, 0.5) is 0 Å². The summed E-state index contributed by atoms with van der Waals surface area (Å²) >= 11 is 6.14. The van der Waals surface area contributed by atoms with E-state index in [1.165, 1.54) is 0 Å². The molecule has 3 N–H and O–H groups in total. The number of nitrogens with one attached hydrogen (secondary N) is 2. The van der Waals surface area contributed by atoms with Gasteiger partial charge < -0.3 is 15.4 Å². The summed E-state index contributed by atoms with van der Waals surface area (Å²) in [5.41, 5.74) is 1.89. The third kappa shape index (κ3) is 2.03. The van der Waals surface area contributed by atoms with Crippen LogP contribution in [0.25, 0.3) is 10.9 Å². The lowest BCUT2D eigenvalue weighted by Crippen LogP contribution is -2.30. The summed E-state index contributed by atoms with van der Waals surface area (Å²) in [6.45, 7) is 1.98. The maximum absolute atomic E-state index is 10.5. The number of rotatable bonds is 2. The van der Waals surface area contributed by atoms with E-state index in [4.69, 9.17) is 11.6 Å². The Bertz CT molecular complexity index is 546. The number of hydrogen-bond donors (Lipinski definition) is 3. The van der Waals surface area contributed by atoms with E-state index in [0.29, 0.717) is 10.9 Å². The predicted octanol–water partition coefficient (Wildman–Crippen LogP) is 2.85. The second-order valence-electron chi connectivity index (χ2n) is 4.94. The highest BCUT2D eigenvalue weighted by Gasteiger charge is 2.25. The van der Waals surface area contributed by atoms with Crippen LogP contribution in [0.1, 0.15) is 24.5 Å². The Morgan fingerprint density at radius 1 is 1.28 bits per heavy atom. The van der Waals surface area contributed by atoms with Crippen LogP contribution in [0.3, 0.4) is 0 Å². The van der Waals surface area contributed by atoms with Gasteiger partial charge in [-0.2, -0.15) is 0 Å². The molecule has 1 atom stereocenters. The molecule has 2 heterocycles. The van der Waals surface area contributed by atoms with Gasteiger partial charge in [0.15, 0.2) is 0 Å². The van der Waals surface area contributed by atoms with Crippen LogP contribution in [0.5, 0.6) is 0 Å². The summed E-state index contributed by atoms with van der Waals surface area (Å²) in [5, 5.41) is 15.6. The first-order valence-corrected chi connectivity index (χ1v) is 6.79. The fraction of sp³-hybridized carbons (Fsp3) is 0.429. The number of aliphatic hydroxyl groups excluding tert-OH is 1. The number of aromatic amines is 1. The van der Waals surface area contributed by atoms with Crippen LogP contribution in [-0.4, -0.2) is 23.2 Å². The number of aliphatic hydroxyl groups is 1. The van der Waals surface area contributed by atoms with Gasteiger partial charge in [0.1, 0.15) is 0 Å². The van der Waals surface area contributed by atoms with Gasteiger partial charge in [-0.1, -0.05) is 23.7 Å². The summed E-state index contributed by atoms with van der Waals surface area (Å²) < 4.78 is 0. The average molecular weight is 265 g/mol. The summed E-state index contributed by atoms with van der Waals surface area (Å²) in [6.07, 6.45) is 3.53. The van der Waals surface area contributed by atoms with Crippen molar-refractivity contribution in [1.82, 2.24) is 10.3 Å². The minimum atomic E-state index is -0.403. The first-order valence-electron chi connectivity index (χ1n) is 6.41. The molecule has 3 nitrogen and oxygen atoms in total. The predicted molar refractivity (Wildman–Crippen MR) is 73.9 cm³/mol. The highest BCUT2D eigenvalue weighted by Crippen LogP contribution is 2.34. The minimum Gasteiger partial charge on any atom is -0.388 e. The van der Waals surface area contributed by atoms with Gasteiger partial charge in [0, 0.05) is 17.1 Å². The van der Waals surface area contributed by atoms with Crippen LogP contribution >= 0.6 is 11.6 Å². The molecule has 2 aromatic rings. The Morgan fingerprint density at radius 2 is 2.06 bits per heavy atom. The van der Waals surface area contributed by atoms with Gasteiger partial charge in [-0.05, 0) is 37.9 Å². The molecular formula is C14H17ClN2O. The van der Waals surface area contributed by atoms with Crippen molar-refractivity contribution in [3.05, 3.63) is 35.0 Å². The molecule has 4 heteroatoms. The molecule has 0 radical (unpaired) electrons. The molecule has 18 heavy (non-hydrogen) atoms. The first kappa shape index (κ1) is 12.0. The fourth-order valence-electron chi connectivity index (χ4n) is 2.80. The van der Waals surface area contributed by atoms with Crippen molar-refractivity contribution in [2.45, 2.75) is 18.9 Å². The van der Waals surface area contributed by atoms with E-state index in [0.717, 1.165) is 42.4 Å². The van der Waals surface area contributed by atoms with Gasteiger partial charge in [0.05, 0.1) is 16.6 Å². The lowest BCUT2D eigenvalue weighted by atomic mass is 9.88. The zero-order valence-electron chi connectivity index (χ0n) is 10.1. The maximum atomic E-state index is 10.5. The third-order valence-electron chi connectivity index (χ3n) is 3.85. The summed E-state index contributed by atoms with van der Waals surface area (Å²) in [6, 6.07) is 5.80. The van der Waals surface area contributed by atoms with Gasteiger partial charge in [0.2, 0.25) is 0 Å². The van der Waals surface area contributed by atoms with E-state index in [2.05, 4.69) is 10.3 Å². The molecule has 1 aliphatic rings. The molecule has 3 rings (SSSR count). The van der Waals surface area contributed by atoms with E-state index in [-0.39, 0.29) is 0 Å². The zero-order chi connectivity index (χ0) is 12.5. The number of hydrogen-bond acceptors (Lipinski definition) is 2. The van der Waals surface area contributed by atoms with Crippen LogP contribution in [0, 0.1) is 5.92 Å². The Labute approximate surface area is 111 Å². The molecular weight excluding hydrogens is 248 g/mol. The van der Waals surface area contributed by atoms with Gasteiger partial charge >= 0.3 is 0 Å². The highest BCUT2D eigenvalue weighted by atomic mass is 35.5. The van der Waals surface area contributed by atoms with Gasteiger partial charge in [0.25, 0.3) is 0 Å². The number of fused-ring (bicyclic) bond motifs is 1. The molecule has 0 bridgehead atoms. The van der Waals surface area contributed by atoms with Crippen molar-refractivity contribution in [3.8, 4) is 0 Å². The Morgan fingerprint density at radius 3 is 2.83 bits per heavy atom.